The zero-order valence-electron chi connectivity index (χ0n) is 15.2. The first-order valence-corrected chi connectivity index (χ1v) is 8.34. The molecule has 1 atom stereocenters. The van der Waals surface area contributed by atoms with Crippen LogP contribution in [0.1, 0.15) is 30.5 Å². The fraction of sp³-hybridized carbons (Fsp3) is 0.300. The number of nitrogens with zero attached hydrogens (tertiary/aromatic N) is 1. The van der Waals surface area contributed by atoms with Gasteiger partial charge in [-0.15, -0.1) is 0 Å². The molecule has 0 spiro atoms. The predicted octanol–water partition coefficient (Wildman–Crippen LogP) is 4.78. The number of benzene rings is 2. The summed E-state index contributed by atoms with van der Waals surface area (Å²) in [6.07, 6.45) is 0. The summed E-state index contributed by atoms with van der Waals surface area (Å²) in [5.74, 6) is -1.37. The number of aryl methyl sites for hydroxylation is 2. The Hall–Kier alpha value is -2.33. The summed E-state index contributed by atoms with van der Waals surface area (Å²) in [5, 5.41) is 9.43. The fourth-order valence-corrected chi connectivity index (χ4v) is 2.41. The van der Waals surface area contributed by atoms with Gasteiger partial charge in [-0.05, 0) is 68.7 Å². The minimum absolute atomic E-state index is 0.322. The number of hydrogen-bond donors (Lipinski definition) is 1. The number of amides is 1. The molecular formula is C20H24ClNO3. The molecule has 0 radical (unpaired) electrons. The van der Waals surface area contributed by atoms with Crippen LogP contribution in [0.4, 0.5) is 5.69 Å². The molecule has 0 bridgehead atoms. The number of halogens is 1. The fourth-order valence-electron chi connectivity index (χ4n) is 2.29. The normalized spacial score (nSPS) is 11.1. The highest BCUT2D eigenvalue weighted by molar-refractivity contribution is 6.30. The Bertz CT molecular complexity index is 721. The lowest BCUT2D eigenvalue weighted by Crippen LogP contribution is -2.42. The Balaban J connectivity index is 0.000000293. The molecule has 2 rings (SSSR count). The molecule has 25 heavy (non-hydrogen) atoms. The molecule has 1 N–H and O–H groups in total. The topological polar surface area (TPSA) is 57.6 Å². The van der Waals surface area contributed by atoms with Gasteiger partial charge in [-0.3, -0.25) is 9.69 Å². The van der Waals surface area contributed by atoms with Gasteiger partial charge < -0.3 is 5.11 Å². The zero-order chi connectivity index (χ0) is 19.1. The predicted molar refractivity (Wildman–Crippen MR) is 102 cm³/mol. The SMILES string of the molecule is CC(=O)N(c1ccc(Cl)cc1)C(C)C(=O)O.Cc1cccc(C)c1C. The largest absolute Gasteiger partial charge is 0.480 e. The highest BCUT2D eigenvalue weighted by Gasteiger charge is 2.24. The molecule has 1 amide bonds. The van der Waals surface area contributed by atoms with Gasteiger partial charge in [-0.25, -0.2) is 4.79 Å². The van der Waals surface area contributed by atoms with E-state index in [1.807, 2.05) is 0 Å². The average molecular weight is 362 g/mol. The van der Waals surface area contributed by atoms with Crippen molar-refractivity contribution in [3.8, 4) is 0 Å². The van der Waals surface area contributed by atoms with Crippen molar-refractivity contribution in [2.75, 3.05) is 4.90 Å². The summed E-state index contributed by atoms with van der Waals surface area (Å²) in [7, 11) is 0. The molecule has 0 saturated heterocycles. The van der Waals surface area contributed by atoms with Gasteiger partial charge in [0.05, 0.1) is 0 Å². The van der Waals surface area contributed by atoms with Gasteiger partial charge in [-0.1, -0.05) is 29.8 Å². The van der Waals surface area contributed by atoms with Crippen molar-refractivity contribution >= 4 is 29.2 Å². The summed E-state index contributed by atoms with van der Waals surface area (Å²) in [6, 6.07) is 11.9. The van der Waals surface area contributed by atoms with Crippen LogP contribution in [0.5, 0.6) is 0 Å². The molecular weight excluding hydrogens is 338 g/mol. The Labute approximate surface area is 154 Å². The van der Waals surface area contributed by atoms with E-state index in [0.717, 1.165) is 0 Å². The first kappa shape index (κ1) is 20.7. The Morgan fingerprint density at radius 2 is 1.48 bits per heavy atom. The van der Waals surface area contributed by atoms with Gasteiger partial charge in [0, 0.05) is 17.6 Å². The monoisotopic (exact) mass is 361 g/mol. The average Bonchev–Trinajstić information content (AvgIpc) is 2.54. The third-order valence-electron chi connectivity index (χ3n) is 4.06. The lowest BCUT2D eigenvalue weighted by molar-refractivity contribution is -0.139. The van der Waals surface area contributed by atoms with E-state index in [0.29, 0.717) is 10.7 Å². The standard InChI is InChI=1S/C11H12ClNO3.C9H12/c1-7(11(15)16)13(8(2)14)10-5-3-9(12)4-6-10;1-7-5-4-6-8(2)9(7)3/h3-7H,1-2H3,(H,15,16);4-6H,1-3H3. The van der Waals surface area contributed by atoms with Gasteiger partial charge in [-0.2, -0.15) is 0 Å². The Kier molecular flexibility index (Phi) is 7.65. The first-order valence-electron chi connectivity index (χ1n) is 7.96. The van der Waals surface area contributed by atoms with E-state index in [1.165, 1.54) is 35.4 Å². The number of hydrogen-bond acceptors (Lipinski definition) is 2. The maximum atomic E-state index is 11.4. The van der Waals surface area contributed by atoms with Gasteiger partial charge >= 0.3 is 5.97 Å². The van der Waals surface area contributed by atoms with Crippen molar-refractivity contribution in [3.05, 3.63) is 64.2 Å². The van der Waals surface area contributed by atoms with Crippen LogP contribution >= 0.6 is 11.6 Å². The Morgan fingerprint density at radius 3 is 1.84 bits per heavy atom. The third-order valence-corrected chi connectivity index (χ3v) is 4.32. The highest BCUT2D eigenvalue weighted by Crippen LogP contribution is 2.20. The van der Waals surface area contributed by atoms with Crippen LogP contribution in [0.15, 0.2) is 42.5 Å². The van der Waals surface area contributed by atoms with Crippen molar-refractivity contribution in [1.82, 2.24) is 0 Å². The van der Waals surface area contributed by atoms with Crippen LogP contribution in [-0.2, 0) is 9.59 Å². The summed E-state index contributed by atoms with van der Waals surface area (Å²) >= 11 is 5.72. The summed E-state index contributed by atoms with van der Waals surface area (Å²) in [5.41, 5.74) is 4.70. The molecule has 2 aromatic rings. The van der Waals surface area contributed by atoms with Gasteiger partial charge in [0.25, 0.3) is 0 Å². The second kappa shape index (κ2) is 9.23. The molecule has 0 saturated carbocycles. The van der Waals surface area contributed by atoms with Crippen LogP contribution in [0.3, 0.4) is 0 Å². The van der Waals surface area contributed by atoms with E-state index < -0.39 is 12.0 Å². The lowest BCUT2D eigenvalue weighted by Gasteiger charge is -2.25. The van der Waals surface area contributed by atoms with Crippen LogP contribution in [0.2, 0.25) is 5.02 Å². The van der Waals surface area contributed by atoms with Crippen molar-refractivity contribution in [2.45, 2.75) is 40.7 Å². The highest BCUT2D eigenvalue weighted by atomic mass is 35.5. The van der Waals surface area contributed by atoms with Gasteiger partial charge in [0.15, 0.2) is 0 Å². The summed E-state index contributed by atoms with van der Waals surface area (Å²) in [4.78, 5) is 23.5. The van der Waals surface area contributed by atoms with Crippen LogP contribution in [0.25, 0.3) is 0 Å². The van der Waals surface area contributed by atoms with Crippen molar-refractivity contribution < 1.29 is 14.7 Å². The molecule has 5 heteroatoms. The Morgan fingerprint density at radius 1 is 1.00 bits per heavy atom. The van der Waals surface area contributed by atoms with E-state index in [2.05, 4.69) is 39.0 Å². The van der Waals surface area contributed by atoms with Crippen molar-refractivity contribution in [2.24, 2.45) is 0 Å². The minimum Gasteiger partial charge on any atom is -0.480 e. The molecule has 134 valence electrons. The molecule has 0 aliphatic carbocycles. The first-order chi connectivity index (χ1) is 11.6. The third kappa shape index (κ3) is 5.91. The molecule has 4 nitrogen and oxygen atoms in total. The molecule has 2 aromatic carbocycles. The number of carboxylic acid groups (broad SMARTS) is 1. The number of rotatable bonds is 3. The van der Waals surface area contributed by atoms with Crippen LogP contribution in [0, 0.1) is 20.8 Å². The van der Waals surface area contributed by atoms with E-state index in [-0.39, 0.29) is 5.91 Å². The van der Waals surface area contributed by atoms with Crippen molar-refractivity contribution in [3.63, 3.8) is 0 Å². The van der Waals surface area contributed by atoms with E-state index in [4.69, 9.17) is 16.7 Å². The molecule has 0 aliphatic rings. The second-order valence-corrected chi connectivity index (χ2v) is 6.33. The van der Waals surface area contributed by atoms with Gasteiger partial charge in [0.2, 0.25) is 5.91 Å². The maximum Gasteiger partial charge on any atom is 0.326 e. The molecule has 1 unspecified atom stereocenters. The van der Waals surface area contributed by atoms with Crippen LogP contribution in [-0.4, -0.2) is 23.0 Å². The molecule has 0 fully saturated rings. The summed E-state index contributed by atoms with van der Waals surface area (Å²) in [6.45, 7) is 9.22. The minimum atomic E-state index is -1.05. The maximum absolute atomic E-state index is 11.4. The van der Waals surface area contributed by atoms with E-state index >= 15 is 0 Å². The summed E-state index contributed by atoms with van der Waals surface area (Å²) < 4.78 is 0. The number of carbonyl (C=O) groups excluding carboxylic acids is 1. The number of carboxylic acids is 1. The lowest BCUT2D eigenvalue weighted by atomic mass is 10.1. The second-order valence-electron chi connectivity index (χ2n) is 5.90. The van der Waals surface area contributed by atoms with E-state index in [1.54, 1.807) is 24.3 Å². The molecule has 0 aliphatic heterocycles. The zero-order valence-corrected chi connectivity index (χ0v) is 16.0. The van der Waals surface area contributed by atoms with Crippen LogP contribution < -0.4 is 4.90 Å². The van der Waals surface area contributed by atoms with E-state index in [9.17, 15) is 9.59 Å². The van der Waals surface area contributed by atoms with Crippen molar-refractivity contribution in [1.29, 1.82) is 0 Å². The number of anilines is 1. The molecule has 0 heterocycles. The quantitative estimate of drug-likeness (QED) is 0.856. The number of carbonyl (C=O) groups is 2. The smallest absolute Gasteiger partial charge is 0.326 e. The number of aliphatic carboxylic acids is 1. The van der Waals surface area contributed by atoms with Gasteiger partial charge in [0.1, 0.15) is 6.04 Å². The molecule has 0 aromatic heterocycles.